The fourth-order valence-corrected chi connectivity index (χ4v) is 2.40. The van der Waals surface area contributed by atoms with Crippen molar-refractivity contribution >= 4 is 0 Å². The van der Waals surface area contributed by atoms with Crippen LogP contribution in [-0.4, -0.2) is 38.7 Å². The molecule has 0 fully saturated rings. The summed E-state index contributed by atoms with van der Waals surface area (Å²) in [6.45, 7) is 7.48. The summed E-state index contributed by atoms with van der Waals surface area (Å²) in [5, 5.41) is 3.54. The molecule has 1 N–H and O–H groups in total. The van der Waals surface area contributed by atoms with Gasteiger partial charge in [-0.25, -0.2) is 4.39 Å². The van der Waals surface area contributed by atoms with E-state index in [1.807, 2.05) is 6.07 Å². The lowest BCUT2D eigenvalue weighted by Gasteiger charge is -2.28. The van der Waals surface area contributed by atoms with E-state index in [0.29, 0.717) is 17.7 Å². The molecule has 0 radical (unpaired) electrons. The van der Waals surface area contributed by atoms with E-state index in [9.17, 15) is 4.39 Å². The maximum absolute atomic E-state index is 13.4. The van der Waals surface area contributed by atoms with E-state index in [-0.39, 0.29) is 11.9 Å². The van der Waals surface area contributed by atoms with Crippen molar-refractivity contribution < 1.29 is 9.13 Å². The summed E-state index contributed by atoms with van der Waals surface area (Å²) < 4.78 is 18.5. The van der Waals surface area contributed by atoms with Crippen molar-refractivity contribution in [2.24, 2.45) is 5.92 Å². The van der Waals surface area contributed by atoms with Crippen LogP contribution in [0.2, 0.25) is 0 Å². The van der Waals surface area contributed by atoms with Crippen LogP contribution in [0.3, 0.4) is 0 Å². The van der Waals surface area contributed by atoms with E-state index >= 15 is 0 Å². The van der Waals surface area contributed by atoms with Crippen LogP contribution in [-0.2, 0) is 0 Å². The molecule has 0 spiro atoms. The average molecular weight is 296 g/mol. The van der Waals surface area contributed by atoms with E-state index in [4.69, 9.17) is 4.74 Å². The van der Waals surface area contributed by atoms with Gasteiger partial charge < -0.3 is 15.0 Å². The molecule has 0 aromatic heterocycles. The summed E-state index contributed by atoms with van der Waals surface area (Å²) >= 11 is 0. The maximum atomic E-state index is 13.4. The fourth-order valence-electron chi connectivity index (χ4n) is 2.40. The molecule has 0 aliphatic carbocycles. The number of nitrogens with zero attached hydrogens (tertiary/aromatic N) is 1. The van der Waals surface area contributed by atoms with Gasteiger partial charge in [0.05, 0.1) is 7.11 Å². The monoisotopic (exact) mass is 296 g/mol. The van der Waals surface area contributed by atoms with Crippen molar-refractivity contribution in [2.75, 3.05) is 27.7 Å². The van der Waals surface area contributed by atoms with E-state index in [0.717, 1.165) is 18.5 Å². The molecule has 2 atom stereocenters. The number of hydrogen-bond acceptors (Lipinski definition) is 3. The molecule has 4 heteroatoms. The Balaban J connectivity index is 2.65. The third-order valence-corrected chi connectivity index (χ3v) is 3.81. The lowest BCUT2D eigenvalue weighted by Crippen LogP contribution is -2.39. The number of methoxy groups -OCH3 is 1. The Morgan fingerprint density at radius 3 is 2.43 bits per heavy atom. The fraction of sp³-hybridized carbons (Fsp3) is 0.647. The van der Waals surface area contributed by atoms with E-state index in [1.165, 1.54) is 13.2 Å². The van der Waals surface area contributed by atoms with Crippen LogP contribution in [0.5, 0.6) is 5.75 Å². The predicted molar refractivity (Wildman–Crippen MR) is 86.3 cm³/mol. The highest BCUT2D eigenvalue weighted by molar-refractivity contribution is 5.31. The molecule has 1 rings (SSSR count). The molecule has 3 nitrogen and oxygen atoms in total. The number of ether oxygens (including phenoxy) is 1. The van der Waals surface area contributed by atoms with E-state index < -0.39 is 0 Å². The highest BCUT2D eigenvalue weighted by Gasteiger charge is 2.15. The molecule has 0 heterocycles. The summed E-state index contributed by atoms with van der Waals surface area (Å²) in [5.74, 6) is 0.646. The zero-order valence-electron chi connectivity index (χ0n) is 14.1. The van der Waals surface area contributed by atoms with Crippen LogP contribution in [0.4, 0.5) is 4.39 Å². The zero-order chi connectivity index (χ0) is 16.0. The first kappa shape index (κ1) is 17.9. The highest BCUT2D eigenvalue weighted by atomic mass is 19.1. The Kier molecular flexibility index (Phi) is 7.12. The standard InChI is InChI=1S/C17H29FN2O/c1-12(2)9-15(20(4)5)11-19-13(3)14-7-8-16(18)17(10-14)21-6/h7-8,10,12-13,15,19H,9,11H2,1-6H3. The summed E-state index contributed by atoms with van der Waals surface area (Å²) in [6, 6.07) is 5.69. The Morgan fingerprint density at radius 1 is 1.24 bits per heavy atom. The summed E-state index contributed by atoms with van der Waals surface area (Å²) in [4.78, 5) is 2.25. The van der Waals surface area contributed by atoms with Gasteiger partial charge >= 0.3 is 0 Å². The molecule has 0 bridgehead atoms. The number of nitrogens with one attached hydrogen (secondary N) is 1. The predicted octanol–water partition coefficient (Wildman–Crippen LogP) is 3.46. The molecule has 2 unspecified atom stereocenters. The van der Waals surface area contributed by atoms with Crippen LogP contribution in [0.15, 0.2) is 18.2 Å². The van der Waals surface area contributed by atoms with E-state index in [1.54, 1.807) is 6.07 Å². The van der Waals surface area contributed by atoms with E-state index in [2.05, 4.69) is 45.1 Å². The molecular formula is C17H29FN2O. The second kappa shape index (κ2) is 8.35. The van der Waals surface area contributed by atoms with Crippen molar-refractivity contribution in [1.82, 2.24) is 10.2 Å². The first-order valence-electron chi connectivity index (χ1n) is 7.58. The first-order valence-corrected chi connectivity index (χ1v) is 7.58. The number of benzene rings is 1. The molecular weight excluding hydrogens is 267 g/mol. The van der Waals surface area contributed by atoms with Gasteiger partial charge in [0.2, 0.25) is 0 Å². The third kappa shape index (κ3) is 5.64. The van der Waals surface area contributed by atoms with Crippen molar-refractivity contribution in [1.29, 1.82) is 0 Å². The molecule has 1 aromatic rings. The SMILES string of the molecule is COc1cc(C(C)NCC(CC(C)C)N(C)C)ccc1F. The van der Waals surface area contributed by atoms with Crippen molar-refractivity contribution in [3.63, 3.8) is 0 Å². The Hall–Kier alpha value is -1.13. The molecule has 120 valence electrons. The number of rotatable bonds is 8. The van der Waals surface area contributed by atoms with Gasteiger partial charge in [0.25, 0.3) is 0 Å². The second-order valence-electron chi connectivity index (χ2n) is 6.27. The summed E-state index contributed by atoms with van der Waals surface area (Å²) in [6.07, 6.45) is 1.15. The van der Waals surface area contributed by atoms with Crippen LogP contribution < -0.4 is 10.1 Å². The molecule has 0 saturated carbocycles. The van der Waals surface area contributed by atoms with Crippen molar-refractivity contribution in [2.45, 2.75) is 39.3 Å². The molecule has 0 aliphatic heterocycles. The van der Waals surface area contributed by atoms with Gasteiger partial charge in [-0.15, -0.1) is 0 Å². The lowest BCUT2D eigenvalue weighted by atomic mass is 10.0. The van der Waals surface area contributed by atoms with Gasteiger partial charge in [0, 0.05) is 18.6 Å². The normalized spacial score (nSPS) is 14.5. The minimum absolute atomic E-state index is 0.161. The first-order chi connectivity index (χ1) is 9.85. The van der Waals surface area contributed by atoms with Gasteiger partial charge in [-0.1, -0.05) is 19.9 Å². The topological polar surface area (TPSA) is 24.5 Å². The Bertz CT molecular complexity index is 435. The van der Waals surface area contributed by atoms with Gasteiger partial charge in [-0.05, 0) is 51.1 Å². The molecule has 0 saturated heterocycles. The zero-order valence-corrected chi connectivity index (χ0v) is 14.1. The maximum Gasteiger partial charge on any atom is 0.165 e. The van der Waals surface area contributed by atoms with Crippen LogP contribution in [0, 0.1) is 11.7 Å². The molecule has 1 aromatic carbocycles. The number of hydrogen-bond donors (Lipinski definition) is 1. The Morgan fingerprint density at radius 2 is 1.90 bits per heavy atom. The minimum atomic E-state index is -0.320. The molecule has 0 aliphatic rings. The highest BCUT2D eigenvalue weighted by Crippen LogP contribution is 2.22. The van der Waals surface area contributed by atoms with Gasteiger partial charge in [0.15, 0.2) is 11.6 Å². The van der Waals surface area contributed by atoms with Crippen LogP contribution >= 0.6 is 0 Å². The smallest absolute Gasteiger partial charge is 0.165 e. The number of likely N-dealkylation sites (N-methyl/N-ethyl adjacent to an activating group) is 1. The molecule has 21 heavy (non-hydrogen) atoms. The lowest BCUT2D eigenvalue weighted by molar-refractivity contribution is 0.242. The van der Waals surface area contributed by atoms with Gasteiger partial charge in [0.1, 0.15) is 0 Å². The van der Waals surface area contributed by atoms with Gasteiger partial charge in [-0.3, -0.25) is 0 Å². The minimum Gasteiger partial charge on any atom is -0.494 e. The summed E-state index contributed by atoms with van der Waals surface area (Å²) in [7, 11) is 5.71. The third-order valence-electron chi connectivity index (χ3n) is 3.81. The van der Waals surface area contributed by atoms with Crippen molar-refractivity contribution in [3.8, 4) is 5.75 Å². The second-order valence-corrected chi connectivity index (χ2v) is 6.27. The van der Waals surface area contributed by atoms with Crippen LogP contribution in [0.25, 0.3) is 0 Å². The quantitative estimate of drug-likeness (QED) is 0.795. The van der Waals surface area contributed by atoms with Crippen molar-refractivity contribution in [3.05, 3.63) is 29.6 Å². The summed E-state index contributed by atoms with van der Waals surface area (Å²) in [5.41, 5.74) is 1.04. The Labute approximate surface area is 128 Å². The van der Waals surface area contributed by atoms with Crippen LogP contribution in [0.1, 0.15) is 38.8 Å². The average Bonchev–Trinajstić information content (AvgIpc) is 2.42. The number of halogens is 1. The van der Waals surface area contributed by atoms with Gasteiger partial charge in [-0.2, -0.15) is 0 Å². The largest absolute Gasteiger partial charge is 0.494 e. The molecule has 0 amide bonds.